The van der Waals surface area contributed by atoms with E-state index in [1.54, 1.807) is 0 Å². The molecule has 198 valence electrons. The Balaban J connectivity index is 1.37. The topological polar surface area (TPSA) is 48.0 Å². The summed E-state index contributed by atoms with van der Waals surface area (Å²) in [5.74, 6) is 1.08. The zero-order valence-corrected chi connectivity index (χ0v) is 22.7. The summed E-state index contributed by atoms with van der Waals surface area (Å²) < 4.78 is 4.75. The average Bonchev–Trinajstić information content (AvgIpc) is 3.63. The van der Waals surface area contributed by atoms with E-state index in [0.29, 0.717) is 0 Å². The summed E-state index contributed by atoms with van der Waals surface area (Å²) in [5, 5.41) is 2.45. The highest BCUT2D eigenvalue weighted by atomic mass is 15.1. The molecule has 7 aromatic rings. The zero-order chi connectivity index (χ0) is 27.6. The van der Waals surface area contributed by atoms with Gasteiger partial charge in [-0.2, -0.15) is 0 Å². The molecule has 0 N–H and O–H groups in total. The van der Waals surface area contributed by atoms with Crippen molar-refractivity contribution in [3.05, 3.63) is 139 Å². The number of allylic oxidation sites excluding steroid dienone is 1. The molecule has 1 aliphatic heterocycles. The van der Waals surface area contributed by atoms with Crippen LogP contribution in [0, 0.1) is 0 Å². The Morgan fingerprint density at radius 2 is 1.45 bits per heavy atom. The zero-order valence-electron chi connectivity index (χ0n) is 22.7. The number of pyridine rings is 1. The highest BCUT2D eigenvalue weighted by molar-refractivity contribution is 6.10. The molecule has 0 amide bonds. The minimum atomic E-state index is 0.139. The van der Waals surface area contributed by atoms with Crippen LogP contribution in [0.3, 0.4) is 0 Å². The van der Waals surface area contributed by atoms with E-state index >= 15 is 0 Å². The fourth-order valence-corrected chi connectivity index (χ4v) is 6.81. The van der Waals surface area contributed by atoms with Crippen LogP contribution in [-0.4, -0.2) is 25.3 Å². The number of fused-ring (bicyclic) bond motifs is 9. The van der Waals surface area contributed by atoms with Gasteiger partial charge in [-0.05, 0) is 54.5 Å². The van der Waals surface area contributed by atoms with Crippen LogP contribution < -0.4 is 0 Å². The van der Waals surface area contributed by atoms with Gasteiger partial charge in [-0.3, -0.25) is 14.5 Å². The molecular formula is C37H25N5. The summed E-state index contributed by atoms with van der Waals surface area (Å²) in [6, 6.07) is 38.7. The summed E-state index contributed by atoms with van der Waals surface area (Å²) in [7, 11) is 0. The molecule has 5 nitrogen and oxygen atoms in total. The number of para-hydroxylation sites is 2. The van der Waals surface area contributed by atoms with Crippen molar-refractivity contribution >= 4 is 33.6 Å². The Bertz CT molecular complexity index is 2220. The van der Waals surface area contributed by atoms with E-state index in [1.165, 1.54) is 33.1 Å². The molecule has 5 heteroatoms. The van der Waals surface area contributed by atoms with Crippen molar-refractivity contribution in [3.63, 3.8) is 0 Å². The lowest BCUT2D eigenvalue weighted by Crippen LogP contribution is -2.17. The van der Waals surface area contributed by atoms with Crippen molar-refractivity contribution in [2.75, 3.05) is 0 Å². The first kappa shape index (κ1) is 23.2. The third kappa shape index (κ3) is 3.28. The molecule has 1 atom stereocenters. The number of nitrogens with zero attached hydrogens (tertiary/aromatic N) is 5. The lowest BCUT2D eigenvalue weighted by molar-refractivity contribution is 0.820. The molecular weight excluding hydrogens is 514 g/mol. The van der Waals surface area contributed by atoms with Crippen LogP contribution >= 0.6 is 0 Å². The molecule has 2 aliphatic rings. The maximum Gasteiger partial charge on any atom is 0.145 e. The molecule has 0 spiro atoms. The molecule has 1 aliphatic carbocycles. The Morgan fingerprint density at radius 1 is 0.667 bits per heavy atom. The number of imidazole rings is 1. The molecule has 0 radical (unpaired) electrons. The minimum Gasteiger partial charge on any atom is -0.309 e. The minimum absolute atomic E-state index is 0.139. The van der Waals surface area contributed by atoms with Crippen LogP contribution in [-0.2, 0) is 0 Å². The molecule has 9 rings (SSSR count). The van der Waals surface area contributed by atoms with Gasteiger partial charge in [0.2, 0.25) is 0 Å². The number of hydrogen-bond donors (Lipinski definition) is 0. The van der Waals surface area contributed by atoms with Gasteiger partial charge in [0.05, 0.1) is 22.4 Å². The van der Waals surface area contributed by atoms with Crippen molar-refractivity contribution in [3.8, 4) is 34.0 Å². The summed E-state index contributed by atoms with van der Waals surface area (Å²) in [6.45, 7) is 0. The monoisotopic (exact) mass is 539 g/mol. The third-order valence-corrected chi connectivity index (χ3v) is 8.63. The first-order valence-electron chi connectivity index (χ1n) is 14.3. The molecule has 3 aromatic heterocycles. The predicted molar refractivity (Wildman–Crippen MR) is 170 cm³/mol. The Labute approximate surface area is 242 Å². The maximum absolute atomic E-state index is 5.38. The van der Waals surface area contributed by atoms with Crippen LogP contribution in [0.25, 0.3) is 61.4 Å². The van der Waals surface area contributed by atoms with E-state index in [2.05, 4.69) is 128 Å². The molecule has 42 heavy (non-hydrogen) atoms. The number of rotatable bonds is 3. The average molecular weight is 540 g/mol. The van der Waals surface area contributed by atoms with Crippen molar-refractivity contribution in [2.45, 2.75) is 12.3 Å². The van der Waals surface area contributed by atoms with Crippen LogP contribution in [0.5, 0.6) is 0 Å². The fraction of sp³-hybridized carbons (Fsp3) is 0.0541. The summed E-state index contributed by atoms with van der Waals surface area (Å²) in [5.41, 5.74) is 11.4. The highest BCUT2D eigenvalue weighted by Gasteiger charge is 2.36. The van der Waals surface area contributed by atoms with Crippen LogP contribution in [0.2, 0.25) is 0 Å². The number of hydrogen-bond acceptors (Lipinski definition) is 3. The van der Waals surface area contributed by atoms with Crippen molar-refractivity contribution in [1.82, 2.24) is 19.1 Å². The predicted octanol–water partition coefficient (Wildman–Crippen LogP) is 8.61. The summed E-state index contributed by atoms with van der Waals surface area (Å²) in [6.07, 6.45) is 8.68. The third-order valence-electron chi connectivity index (χ3n) is 8.63. The molecule has 1 unspecified atom stereocenters. The maximum atomic E-state index is 5.38. The second-order valence-electron chi connectivity index (χ2n) is 10.9. The highest BCUT2D eigenvalue weighted by Crippen LogP contribution is 2.50. The van der Waals surface area contributed by atoms with Crippen molar-refractivity contribution in [2.24, 2.45) is 4.99 Å². The van der Waals surface area contributed by atoms with Crippen molar-refractivity contribution < 1.29 is 0 Å². The lowest BCUT2D eigenvalue weighted by atomic mass is 9.79. The number of benzene rings is 4. The Morgan fingerprint density at radius 3 is 2.33 bits per heavy atom. The molecule has 4 heterocycles. The van der Waals surface area contributed by atoms with Gasteiger partial charge in [-0.15, -0.1) is 0 Å². The van der Waals surface area contributed by atoms with E-state index in [4.69, 9.17) is 4.98 Å². The normalized spacial score (nSPS) is 15.3. The molecule has 0 fully saturated rings. The van der Waals surface area contributed by atoms with Gasteiger partial charge in [0.15, 0.2) is 0 Å². The van der Waals surface area contributed by atoms with Gasteiger partial charge in [0.1, 0.15) is 5.82 Å². The smallest absolute Gasteiger partial charge is 0.145 e. The summed E-state index contributed by atoms with van der Waals surface area (Å²) >= 11 is 0. The first-order chi connectivity index (χ1) is 20.9. The Hall–Kier alpha value is -5.55. The molecule has 0 saturated heterocycles. The van der Waals surface area contributed by atoms with Crippen LogP contribution in [0.1, 0.15) is 23.6 Å². The number of aliphatic imine (C=N–C) groups is 1. The second-order valence-corrected chi connectivity index (χ2v) is 10.9. The largest absolute Gasteiger partial charge is 0.309 e. The second kappa shape index (κ2) is 8.98. The van der Waals surface area contributed by atoms with E-state index < -0.39 is 0 Å². The van der Waals surface area contributed by atoms with E-state index in [9.17, 15) is 0 Å². The van der Waals surface area contributed by atoms with Gasteiger partial charge in [0, 0.05) is 69.6 Å². The van der Waals surface area contributed by atoms with Gasteiger partial charge in [-0.1, -0.05) is 66.7 Å². The van der Waals surface area contributed by atoms with Gasteiger partial charge in [0.25, 0.3) is 0 Å². The lowest BCUT2D eigenvalue weighted by Gasteiger charge is -2.29. The van der Waals surface area contributed by atoms with E-state index in [0.717, 1.165) is 46.0 Å². The van der Waals surface area contributed by atoms with Crippen LogP contribution in [0.15, 0.2) is 133 Å². The SMILES string of the molecule is C1=NC=C2c3cnccc3-c3nc(-c4ccccc4)n(-c4ccc5c(c4)c4ccccc4n5-c4ccccc4)c3C2C1. The van der Waals surface area contributed by atoms with Gasteiger partial charge >= 0.3 is 0 Å². The quantitative estimate of drug-likeness (QED) is 0.226. The van der Waals surface area contributed by atoms with Gasteiger partial charge < -0.3 is 4.57 Å². The first-order valence-corrected chi connectivity index (χ1v) is 14.3. The van der Waals surface area contributed by atoms with E-state index in [-0.39, 0.29) is 5.92 Å². The molecule has 0 saturated carbocycles. The molecule has 4 aromatic carbocycles. The summed E-state index contributed by atoms with van der Waals surface area (Å²) in [4.78, 5) is 14.4. The van der Waals surface area contributed by atoms with Gasteiger partial charge in [-0.25, -0.2) is 4.98 Å². The van der Waals surface area contributed by atoms with Crippen molar-refractivity contribution in [1.29, 1.82) is 0 Å². The fourth-order valence-electron chi connectivity index (χ4n) is 6.81. The van der Waals surface area contributed by atoms with E-state index in [1.807, 2.05) is 24.8 Å². The standard InChI is InChI=1S/C37H25N5/c1-3-9-24(10-4-1)37-40-35-28-17-19-38-22-31(28)32-23-39-20-18-29(32)36(35)42(37)26-15-16-34-30(21-26)27-13-7-8-14-33(27)41(34)25-11-5-2-6-12-25/h1-17,19-23,29H,18H2. The number of aromatic nitrogens is 4. The Kier molecular flexibility index (Phi) is 4.96. The van der Waals surface area contributed by atoms with Crippen LogP contribution in [0.4, 0.5) is 0 Å². The molecule has 0 bridgehead atoms.